The number of piperidine rings is 1. The van der Waals surface area contributed by atoms with E-state index in [1.54, 1.807) is 19.2 Å². The molecule has 1 aromatic carbocycles. The molecule has 1 saturated heterocycles. The minimum Gasteiger partial charge on any atom is -0.494 e. The van der Waals surface area contributed by atoms with Crippen LogP contribution in [0.3, 0.4) is 0 Å². The van der Waals surface area contributed by atoms with E-state index in [9.17, 15) is 12.8 Å². The van der Waals surface area contributed by atoms with Crippen LogP contribution in [-0.2, 0) is 10.0 Å². The van der Waals surface area contributed by atoms with Crippen LogP contribution < -0.4 is 9.47 Å². The quantitative estimate of drug-likeness (QED) is 0.790. The van der Waals surface area contributed by atoms with Crippen LogP contribution in [0.1, 0.15) is 18.7 Å². The van der Waals surface area contributed by atoms with Gasteiger partial charge < -0.3 is 9.47 Å². The fourth-order valence-corrected chi connectivity index (χ4v) is 4.37. The Kier molecular flexibility index (Phi) is 5.38. The summed E-state index contributed by atoms with van der Waals surface area (Å²) in [7, 11) is -2.49. The maximum Gasteiger partial charge on any atom is 0.243 e. The number of hydrogen-bond acceptors (Lipinski definition) is 6. The van der Waals surface area contributed by atoms with Gasteiger partial charge in [-0.2, -0.15) is 9.29 Å². The van der Waals surface area contributed by atoms with Crippen LogP contribution in [0.2, 0.25) is 0 Å². The standard InChI is InChI=1S/C17H20FN3O4S/c1-12-19-8-7-17(20-12)25-13-4-3-9-21(11-13)26(22,23)14-5-6-16(24-2)15(18)10-14/h5-8,10,13H,3-4,9,11H2,1-2H3. The lowest BCUT2D eigenvalue weighted by molar-refractivity contribution is 0.124. The maximum absolute atomic E-state index is 13.9. The Bertz CT molecular complexity index is 891. The van der Waals surface area contributed by atoms with Crippen molar-refractivity contribution >= 4 is 10.0 Å². The van der Waals surface area contributed by atoms with Gasteiger partial charge in [0.25, 0.3) is 0 Å². The second-order valence-corrected chi connectivity index (χ2v) is 7.92. The highest BCUT2D eigenvalue weighted by Crippen LogP contribution is 2.26. The number of methoxy groups -OCH3 is 1. The van der Waals surface area contributed by atoms with Crippen LogP contribution in [0.15, 0.2) is 35.4 Å². The van der Waals surface area contributed by atoms with Gasteiger partial charge >= 0.3 is 0 Å². The Balaban J connectivity index is 1.76. The first-order valence-corrected chi connectivity index (χ1v) is 9.64. The zero-order valence-corrected chi connectivity index (χ0v) is 15.4. The van der Waals surface area contributed by atoms with Gasteiger partial charge in [-0.05, 0) is 38.0 Å². The molecule has 0 radical (unpaired) electrons. The minimum atomic E-state index is -3.82. The molecule has 0 spiro atoms. The molecule has 0 N–H and O–H groups in total. The van der Waals surface area contributed by atoms with Gasteiger partial charge in [0.05, 0.1) is 18.6 Å². The number of nitrogens with zero attached hydrogens (tertiary/aromatic N) is 3. The molecule has 1 fully saturated rings. The van der Waals surface area contributed by atoms with E-state index in [2.05, 4.69) is 9.97 Å². The Morgan fingerprint density at radius 1 is 1.31 bits per heavy atom. The molecular formula is C17H20FN3O4S. The SMILES string of the molecule is COc1ccc(S(=O)(=O)N2CCCC(Oc3ccnc(C)n3)C2)cc1F. The van der Waals surface area contributed by atoms with E-state index in [1.807, 2.05) is 0 Å². The van der Waals surface area contributed by atoms with Crippen molar-refractivity contribution in [2.45, 2.75) is 30.8 Å². The lowest BCUT2D eigenvalue weighted by Gasteiger charge is -2.31. The summed E-state index contributed by atoms with van der Waals surface area (Å²) < 4.78 is 51.5. The molecule has 1 aliphatic rings. The number of aromatic nitrogens is 2. The molecule has 2 heterocycles. The van der Waals surface area contributed by atoms with Crippen molar-refractivity contribution in [1.29, 1.82) is 0 Å². The van der Waals surface area contributed by atoms with E-state index >= 15 is 0 Å². The normalized spacial score (nSPS) is 18.5. The summed E-state index contributed by atoms with van der Waals surface area (Å²) in [4.78, 5) is 8.08. The van der Waals surface area contributed by atoms with Gasteiger partial charge in [0.15, 0.2) is 11.6 Å². The molecular weight excluding hydrogens is 361 g/mol. The molecule has 26 heavy (non-hydrogen) atoms. The molecule has 2 aromatic rings. The molecule has 0 aliphatic carbocycles. The van der Waals surface area contributed by atoms with E-state index in [1.165, 1.54) is 23.5 Å². The summed E-state index contributed by atoms with van der Waals surface area (Å²) in [5.41, 5.74) is 0. The first-order valence-electron chi connectivity index (χ1n) is 8.20. The van der Waals surface area contributed by atoms with E-state index in [0.717, 1.165) is 6.07 Å². The molecule has 9 heteroatoms. The predicted octanol–water partition coefficient (Wildman–Crippen LogP) is 2.16. The van der Waals surface area contributed by atoms with E-state index in [-0.39, 0.29) is 23.3 Å². The number of halogens is 1. The van der Waals surface area contributed by atoms with E-state index < -0.39 is 15.8 Å². The van der Waals surface area contributed by atoms with Gasteiger partial charge in [-0.1, -0.05) is 0 Å². The second-order valence-electron chi connectivity index (χ2n) is 5.98. The van der Waals surface area contributed by atoms with E-state index in [4.69, 9.17) is 9.47 Å². The van der Waals surface area contributed by atoms with Crippen LogP contribution in [-0.4, -0.2) is 49.0 Å². The van der Waals surface area contributed by atoms with Crippen LogP contribution in [0.25, 0.3) is 0 Å². The van der Waals surface area contributed by atoms with Crippen molar-refractivity contribution in [2.75, 3.05) is 20.2 Å². The van der Waals surface area contributed by atoms with Crippen LogP contribution in [0, 0.1) is 12.7 Å². The second kappa shape index (κ2) is 7.55. The zero-order chi connectivity index (χ0) is 18.7. The Hall–Kier alpha value is -2.26. The third kappa shape index (κ3) is 3.94. The molecule has 140 valence electrons. The zero-order valence-electron chi connectivity index (χ0n) is 14.6. The Morgan fingerprint density at radius 3 is 2.81 bits per heavy atom. The van der Waals surface area contributed by atoms with Crippen molar-refractivity contribution in [3.63, 3.8) is 0 Å². The summed E-state index contributed by atoms with van der Waals surface area (Å²) >= 11 is 0. The third-order valence-corrected chi connectivity index (χ3v) is 6.00. The summed E-state index contributed by atoms with van der Waals surface area (Å²) in [5, 5.41) is 0. The number of aryl methyl sites for hydroxylation is 1. The molecule has 3 rings (SSSR count). The number of ether oxygens (including phenoxy) is 2. The number of rotatable bonds is 5. The van der Waals surface area contributed by atoms with Crippen molar-refractivity contribution in [2.24, 2.45) is 0 Å². The molecule has 7 nitrogen and oxygen atoms in total. The molecule has 1 aromatic heterocycles. The van der Waals surface area contributed by atoms with Crippen molar-refractivity contribution < 1.29 is 22.3 Å². The molecule has 0 amide bonds. The summed E-state index contributed by atoms with van der Waals surface area (Å²) in [6, 6.07) is 5.27. The lowest BCUT2D eigenvalue weighted by atomic mass is 10.1. The van der Waals surface area contributed by atoms with Crippen LogP contribution >= 0.6 is 0 Å². The van der Waals surface area contributed by atoms with Gasteiger partial charge in [-0.25, -0.2) is 17.8 Å². The molecule has 0 saturated carbocycles. The fourth-order valence-electron chi connectivity index (χ4n) is 2.85. The first kappa shape index (κ1) is 18.5. The molecule has 1 aliphatic heterocycles. The van der Waals surface area contributed by atoms with Crippen molar-refractivity contribution in [3.05, 3.63) is 42.1 Å². The lowest BCUT2D eigenvalue weighted by Crippen LogP contribution is -2.44. The van der Waals surface area contributed by atoms with Crippen LogP contribution in [0.5, 0.6) is 11.6 Å². The third-order valence-electron chi connectivity index (χ3n) is 4.14. The number of hydrogen-bond donors (Lipinski definition) is 0. The maximum atomic E-state index is 13.9. The van der Waals surface area contributed by atoms with Gasteiger partial charge in [0.1, 0.15) is 11.9 Å². The monoisotopic (exact) mass is 381 g/mol. The summed E-state index contributed by atoms with van der Waals surface area (Å²) in [5.74, 6) is 0.284. The van der Waals surface area contributed by atoms with Gasteiger partial charge in [0.2, 0.25) is 15.9 Å². The highest BCUT2D eigenvalue weighted by molar-refractivity contribution is 7.89. The van der Waals surface area contributed by atoms with Crippen molar-refractivity contribution in [3.8, 4) is 11.6 Å². The smallest absolute Gasteiger partial charge is 0.243 e. The highest BCUT2D eigenvalue weighted by atomic mass is 32.2. The Morgan fingerprint density at radius 2 is 2.12 bits per heavy atom. The highest BCUT2D eigenvalue weighted by Gasteiger charge is 2.32. The number of benzene rings is 1. The Labute approximate surface area is 151 Å². The predicted molar refractivity (Wildman–Crippen MR) is 92.1 cm³/mol. The average Bonchev–Trinajstić information content (AvgIpc) is 2.62. The van der Waals surface area contributed by atoms with Gasteiger partial charge in [-0.3, -0.25) is 0 Å². The van der Waals surface area contributed by atoms with Crippen molar-refractivity contribution in [1.82, 2.24) is 14.3 Å². The number of sulfonamides is 1. The topological polar surface area (TPSA) is 81.6 Å². The van der Waals surface area contributed by atoms with E-state index in [0.29, 0.717) is 31.1 Å². The van der Waals surface area contributed by atoms with Gasteiger partial charge in [0, 0.05) is 18.8 Å². The summed E-state index contributed by atoms with van der Waals surface area (Å²) in [6.45, 7) is 2.29. The molecule has 1 unspecified atom stereocenters. The minimum absolute atomic E-state index is 0.00272. The van der Waals surface area contributed by atoms with Crippen LogP contribution in [0.4, 0.5) is 4.39 Å². The summed E-state index contributed by atoms with van der Waals surface area (Å²) in [6.07, 6.45) is 2.63. The average molecular weight is 381 g/mol. The first-order chi connectivity index (χ1) is 12.4. The largest absolute Gasteiger partial charge is 0.494 e. The fraction of sp³-hybridized carbons (Fsp3) is 0.412. The molecule has 0 bridgehead atoms. The van der Waals surface area contributed by atoms with Gasteiger partial charge in [-0.15, -0.1) is 0 Å². The molecule has 1 atom stereocenters.